The van der Waals surface area contributed by atoms with E-state index in [1.165, 1.54) is 12.4 Å². The van der Waals surface area contributed by atoms with Crippen LogP contribution in [0.3, 0.4) is 0 Å². The summed E-state index contributed by atoms with van der Waals surface area (Å²) < 4.78 is 1.15. The van der Waals surface area contributed by atoms with Gasteiger partial charge < -0.3 is 0 Å². The Hall–Kier alpha value is -0.690. The number of rotatable bonds is 1. The van der Waals surface area contributed by atoms with Gasteiger partial charge in [-0.15, -0.1) is 0 Å². The van der Waals surface area contributed by atoms with E-state index in [1.807, 2.05) is 0 Å². The van der Waals surface area contributed by atoms with E-state index in [2.05, 4.69) is 31.9 Å². The fraction of sp³-hybridized carbons (Fsp3) is 0. The smallest absolute Gasteiger partial charge is 0.285 e. The Kier molecular flexibility index (Phi) is 2.63. The van der Waals surface area contributed by atoms with Crippen molar-refractivity contribution in [2.45, 2.75) is 0 Å². The largest absolute Gasteiger partial charge is 0.310 e. The van der Waals surface area contributed by atoms with Crippen LogP contribution in [0.5, 0.6) is 0 Å². The Labute approximate surface area is 84.0 Å². The number of nitrogens with zero attached hydrogens (tertiary/aromatic N) is 2. The van der Waals surface area contributed by atoms with Gasteiger partial charge in [-0.3, -0.25) is 15.3 Å². The molecule has 7 heteroatoms. The first-order valence-corrected chi connectivity index (χ1v) is 4.35. The number of aromatic nitrogens is 1. The lowest BCUT2D eigenvalue weighted by Gasteiger charge is -1.93. The molecule has 0 saturated heterocycles. The maximum absolute atomic E-state index is 10.4. The second-order valence-corrected chi connectivity index (χ2v) is 3.65. The molecule has 5 nitrogen and oxygen atoms in total. The van der Waals surface area contributed by atoms with E-state index in [1.54, 1.807) is 0 Å². The Bertz CT molecular complexity index is 318. The molecule has 1 aromatic rings. The van der Waals surface area contributed by atoms with Crippen molar-refractivity contribution in [2.24, 2.45) is 0 Å². The van der Waals surface area contributed by atoms with Crippen molar-refractivity contribution >= 4 is 37.5 Å². The molecule has 1 N–H and O–H groups in total. The SMILES string of the molecule is O=[N+]([O-])c1c(Br)c[n+](O)cc1Br. The molecule has 0 atom stereocenters. The van der Waals surface area contributed by atoms with E-state index in [0.29, 0.717) is 0 Å². The molecule has 0 aliphatic rings. The van der Waals surface area contributed by atoms with Crippen LogP contribution in [-0.4, -0.2) is 10.1 Å². The monoisotopic (exact) mass is 297 g/mol. The number of halogens is 2. The van der Waals surface area contributed by atoms with Gasteiger partial charge in [0.2, 0.25) is 12.4 Å². The zero-order valence-electron chi connectivity index (χ0n) is 5.57. The second-order valence-electron chi connectivity index (χ2n) is 1.94. The lowest BCUT2D eigenvalue weighted by molar-refractivity contribution is -0.905. The summed E-state index contributed by atoms with van der Waals surface area (Å²) in [5.41, 5.74) is -0.111. The van der Waals surface area contributed by atoms with Crippen LogP contribution >= 0.6 is 31.9 Å². The van der Waals surface area contributed by atoms with Crippen LogP contribution in [0.4, 0.5) is 5.69 Å². The van der Waals surface area contributed by atoms with Gasteiger partial charge in [0, 0.05) is 4.73 Å². The predicted octanol–water partition coefficient (Wildman–Crippen LogP) is 1.64. The summed E-state index contributed by atoms with van der Waals surface area (Å²) in [6.07, 6.45) is 2.37. The van der Waals surface area contributed by atoms with Crippen LogP contribution in [0.1, 0.15) is 0 Å². The minimum absolute atomic E-state index is 0.111. The number of hydrogen-bond acceptors (Lipinski definition) is 3. The molecule has 0 spiro atoms. The van der Waals surface area contributed by atoms with Gasteiger partial charge in [-0.05, 0) is 31.9 Å². The van der Waals surface area contributed by atoms with E-state index < -0.39 is 4.92 Å². The first-order valence-electron chi connectivity index (χ1n) is 2.76. The van der Waals surface area contributed by atoms with Gasteiger partial charge in [0.15, 0.2) is 8.95 Å². The third-order valence-corrected chi connectivity index (χ3v) is 2.29. The number of hydrogen-bond donors (Lipinski definition) is 1. The van der Waals surface area contributed by atoms with Crippen LogP contribution in [0.25, 0.3) is 0 Å². The normalized spacial score (nSPS) is 9.83. The molecule has 1 heterocycles. The Morgan fingerprint density at radius 2 is 1.83 bits per heavy atom. The Morgan fingerprint density at radius 3 is 2.17 bits per heavy atom. The van der Waals surface area contributed by atoms with E-state index in [4.69, 9.17) is 5.21 Å². The fourth-order valence-electron chi connectivity index (χ4n) is 0.680. The molecular formula is C5H3Br2N2O3+. The summed E-state index contributed by atoms with van der Waals surface area (Å²) in [6, 6.07) is 0. The quantitative estimate of drug-likeness (QED) is 0.371. The molecule has 0 unspecified atom stereocenters. The molecule has 0 aliphatic carbocycles. The molecule has 64 valence electrons. The van der Waals surface area contributed by atoms with Crippen molar-refractivity contribution in [3.63, 3.8) is 0 Å². The summed E-state index contributed by atoms with van der Waals surface area (Å²) in [5, 5.41) is 19.3. The highest BCUT2D eigenvalue weighted by Crippen LogP contribution is 2.30. The van der Waals surface area contributed by atoms with Crippen molar-refractivity contribution < 1.29 is 14.9 Å². The molecule has 0 fully saturated rings. The first kappa shape index (κ1) is 9.40. The van der Waals surface area contributed by atoms with Crippen LogP contribution in [0.15, 0.2) is 21.3 Å². The van der Waals surface area contributed by atoms with Gasteiger partial charge in [0.25, 0.3) is 0 Å². The predicted molar refractivity (Wildman–Crippen MR) is 45.9 cm³/mol. The molecule has 0 radical (unpaired) electrons. The van der Waals surface area contributed by atoms with E-state index in [-0.39, 0.29) is 14.6 Å². The summed E-state index contributed by atoms with van der Waals surface area (Å²) >= 11 is 5.89. The molecular weight excluding hydrogens is 296 g/mol. The maximum Gasteiger partial charge on any atom is 0.310 e. The second kappa shape index (κ2) is 3.36. The zero-order valence-corrected chi connectivity index (χ0v) is 8.74. The van der Waals surface area contributed by atoms with E-state index in [9.17, 15) is 10.1 Å². The minimum atomic E-state index is -0.547. The molecule has 0 saturated carbocycles. The van der Waals surface area contributed by atoms with Crippen molar-refractivity contribution in [1.82, 2.24) is 0 Å². The molecule has 0 bridgehead atoms. The van der Waals surface area contributed by atoms with Crippen molar-refractivity contribution in [2.75, 3.05) is 0 Å². The molecule has 1 aromatic heterocycles. The highest BCUT2D eigenvalue weighted by atomic mass is 79.9. The summed E-state index contributed by atoms with van der Waals surface area (Å²) in [7, 11) is 0. The average Bonchev–Trinajstić information content (AvgIpc) is 1.82. The van der Waals surface area contributed by atoms with Crippen LogP contribution in [0.2, 0.25) is 0 Å². The highest BCUT2D eigenvalue weighted by molar-refractivity contribution is 9.11. The number of nitro groups is 1. The third kappa shape index (κ3) is 1.72. The van der Waals surface area contributed by atoms with Crippen LogP contribution in [0, 0.1) is 10.1 Å². The molecule has 0 aliphatic heterocycles. The fourth-order valence-corrected chi connectivity index (χ4v) is 2.08. The van der Waals surface area contributed by atoms with Crippen LogP contribution in [-0.2, 0) is 0 Å². The third-order valence-electron chi connectivity index (χ3n) is 1.13. The number of pyridine rings is 1. The van der Waals surface area contributed by atoms with E-state index >= 15 is 0 Å². The van der Waals surface area contributed by atoms with Gasteiger partial charge in [-0.25, -0.2) is 0 Å². The van der Waals surface area contributed by atoms with Gasteiger partial charge in [-0.2, -0.15) is 0 Å². The lowest BCUT2D eigenvalue weighted by atomic mass is 10.4. The zero-order chi connectivity index (χ0) is 9.30. The maximum atomic E-state index is 10.4. The first-order chi connectivity index (χ1) is 5.52. The topological polar surface area (TPSA) is 67.2 Å². The summed E-state index contributed by atoms with van der Waals surface area (Å²) in [4.78, 5) is 9.86. The average molecular weight is 299 g/mol. The summed E-state index contributed by atoms with van der Waals surface area (Å²) in [6.45, 7) is 0. The highest BCUT2D eigenvalue weighted by Gasteiger charge is 2.22. The van der Waals surface area contributed by atoms with Crippen molar-refractivity contribution in [1.29, 1.82) is 0 Å². The van der Waals surface area contributed by atoms with Crippen LogP contribution < -0.4 is 4.73 Å². The van der Waals surface area contributed by atoms with Gasteiger partial charge in [0.05, 0.1) is 4.92 Å². The van der Waals surface area contributed by atoms with Gasteiger partial charge in [0.1, 0.15) is 0 Å². The lowest BCUT2D eigenvalue weighted by Crippen LogP contribution is -2.29. The van der Waals surface area contributed by atoms with Gasteiger partial charge in [-0.1, -0.05) is 0 Å². The summed E-state index contributed by atoms with van der Waals surface area (Å²) in [5.74, 6) is 0. The Balaban J connectivity index is 3.38. The minimum Gasteiger partial charge on any atom is -0.285 e. The molecule has 0 amide bonds. The van der Waals surface area contributed by atoms with Crippen molar-refractivity contribution in [3.05, 3.63) is 31.5 Å². The van der Waals surface area contributed by atoms with E-state index in [0.717, 1.165) is 4.73 Å². The molecule has 12 heavy (non-hydrogen) atoms. The molecule has 0 aromatic carbocycles. The molecule has 1 rings (SSSR count). The van der Waals surface area contributed by atoms with Gasteiger partial charge >= 0.3 is 5.69 Å². The Morgan fingerprint density at radius 1 is 1.42 bits per heavy atom. The standard InChI is InChI=1S/C5H3Br2N2O3/c6-3-1-8(10)2-4(7)5(3)9(11)12/h1-2,10H/q+1. The van der Waals surface area contributed by atoms with Crippen molar-refractivity contribution in [3.8, 4) is 0 Å².